The SMILES string of the molecule is CCc1ccsc1C(N)Cc1ccc(Cl)c(F)c1. The molecule has 1 nitrogen and oxygen atoms in total. The maximum absolute atomic E-state index is 13.3. The van der Waals surface area contributed by atoms with Gasteiger partial charge in [0.15, 0.2) is 0 Å². The third-order valence-electron chi connectivity index (χ3n) is 2.94. The smallest absolute Gasteiger partial charge is 0.142 e. The van der Waals surface area contributed by atoms with E-state index in [0.29, 0.717) is 6.42 Å². The Morgan fingerprint density at radius 3 is 2.83 bits per heavy atom. The molecule has 2 aromatic rings. The van der Waals surface area contributed by atoms with Crippen LogP contribution >= 0.6 is 22.9 Å². The molecule has 0 radical (unpaired) electrons. The van der Waals surface area contributed by atoms with E-state index in [0.717, 1.165) is 12.0 Å². The van der Waals surface area contributed by atoms with E-state index >= 15 is 0 Å². The summed E-state index contributed by atoms with van der Waals surface area (Å²) in [5.74, 6) is -0.386. The van der Waals surface area contributed by atoms with Crippen LogP contribution in [0.3, 0.4) is 0 Å². The van der Waals surface area contributed by atoms with E-state index in [1.807, 2.05) is 6.07 Å². The van der Waals surface area contributed by atoms with Gasteiger partial charge in [0.05, 0.1) is 5.02 Å². The lowest BCUT2D eigenvalue weighted by atomic mass is 10.0. The predicted octanol–water partition coefficient (Wildman–Crippen LogP) is 4.35. The number of nitrogens with two attached hydrogens (primary N) is 1. The van der Waals surface area contributed by atoms with E-state index < -0.39 is 0 Å². The first kappa shape index (κ1) is 13.5. The highest BCUT2D eigenvalue weighted by Crippen LogP contribution is 2.27. The zero-order valence-corrected chi connectivity index (χ0v) is 11.7. The monoisotopic (exact) mass is 283 g/mol. The molecule has 1 aromatic carbocycles. The van der Waals surface area contributed by atoms with Crippen molar-refractivity contribution in [2.75, 3.05) is 0 Å². The Kier molecular flexibility index (Phi) is 4.38. The molecule has 96 valence electrons. The number of rotatable bonds is 4. The largest absolute Gasteiger partial charge is 0.323 e. The normalized spacial score (nSPS) is 12.7. The van der Waals surface area contributed by atoms with Crippen LogP contribution < -0.4 is 5.73 Å². The van der Waals surface area contributed by atoms with E-state index in [9.17, 15) is 4.39 Å². The van der Waals surface area contributed by atoms with Crippen molar-refractivity contribution in [2.24, 2.45) is 5.73 Å². The third kappa shape index (κ3) is 2.91. The second kappa shape index (κ2) is 5.83. The molecule has 0 bridgehead atoms. The topological polar surface area (TPSA) is 26.0 Å². The van der Waals surface area contributed by atoms with Gasteiger partial charge in [-0.3, -0.25) is 0 Å². The van der Waals surface area contributed by atoms with Crippen LogP contribution in [0.4, 0.5) is 4.39 Å². The van der Waals surface area contributed by atoms with Crippen LogP contribution in [0.5, 0.6) is 0 Å². The van der Waals surface area contributed by atoms with Gasteiger partial charge in [0.1, 0.15) is 5.82 Å². The average molecular weight is 284 g/mol. The fourth-order valence-electron chi connectivity index (χ4n) is 1.98. The molecule has 0 aliphatic rings. The van der Waals surface area contributed by atoms with Crippen molar-refractivity contribution in [1.29, 1.82) is 0 Å². The lowest BCUT2D eigenvalue weighted by molar-refractivity contribution is 0.622. The molecule has 1 atom stereocenters. The number of benzene rings is 1. The first-order valence-electron chi connectivity index (χ1n) is 5.87. The van der Waals surface area contributed by atoms with Crippen molar-refractivity contribution >= 4 is 22.9 Å². The van der Waals surface area contributed by atoms with Gasteiger partial charge in [0, 0.05) is 10.9 Å². The highest BCUT2D eigenvalue weighted by molar-refractivity contribution is 7.10. The Balaban J connectivity index is 2.16. The van der Waals surface area contributed by atoms with Crippen molar-refractivity contribution in [2.45, 2.75) is 25.8 Å². The first-order chi connectivity index (χ1) is 8.61. The molecule has 0 saturated carbocycles. The zero-order chi connectivity index (χ0) is 13.1. The van der Waals surface area contributed by atoms with Crippen molar-refractivity contribution in [1.82, 2.24) is 0 Å². The molecule has 1 unspecified atom stereocenters. The quantitative estimate of drug-likeness (QED) is 0.887. The fraction of sp³-hybridized carbons (Fsp3) is 0.286. The molecule has 0 aliphatic heterocycles. The Hall–Kier alpha value is -0.900. The van der Waals surface area contributed by atoms with Gasteiger partial charge in [-0.15, -0.1) is 11.3 Å². The van der Waals surface area contributed by atoms with E-state index in [2.05, 4.69) is 18.4 Å². The van der Waals surface area contributed by atoms with Crippen LogP contribution in [0.1, 0.15) is 29.0 Å². The molecule has 0 saturated heterocycles. The van der Waals surface area contributed by atoms with E-state index in [-0.39, 0.29) is 16.9 Å². The minimum absolute atomic E-state index is 0.0828. The minimum atomic E-state index is -0.386. The Morgan fingerprint density at radius 1 is 1.39 bits per heavy atom. The molecule has 0 amide bonds. The van der Waals surface area contributed by atoms with Crippen LogP contribution in [0, 0.1) is 5.82 Å². The Bertz CT molecular complexity index is 538. The number of hydrogen-bond donors (Lipinski definition) is 1. The summed E-state index contributed by atoms with van der Waals surface area (Å²) in [5, 5.41) is 2.20. The molecule has 2 N–H and O–H groups in total. The molecular formula is C14H15ClFNS. The molecule has 0 fully saturated rings. The summed E-state index contributed by atoms with van der Waals surface area (Å²) in [4.78, 5) is 1.19. The maximum Gasteiger partial charge on any atom is 0.142 e. The van der Waals surface area contributed by atoms with Gasteiger partial charge in [-0.25, -0.2) is 4.39 Å². The maximum atomic E-state index is 13.3. The molecule has 18 heavy (non-hydrogen) atoms. The van der Waals surface area contributed by atoms with Crippen LogP contribution in [0.25, 0.3) is 0 Å². The van der Waals surface area contributed by atoms with Crippen LogP contribution in [0.2, 0.25) is 5.02 Å². The molecule has 1 heterocycles. The zero-order valence-electron chi connectivity index (χ0n) is 10.1. The van der Waals surface area contributed by atoms with Crippen LogP contribution in [-0.4, -0.2) is 0 Å². The summed E-state index contributed by atoms with van der Waals surface area (Å²) < 4.78 is 13.3. The molecule has 0 aliphatic carbocycles. The second-order valence-corrected chi connectivity index (χ2v) is 5.58. The summed E-state index contributed by atoms with van der Waals surface area (Å²) in [6.45, 7) is 2.11. The number of thiophene rings is 1. The van der Waals surface area contributed by atoms with E-state index in [1.165, 1.54) is 16.5 Å². The second-order valence-electron chi connectivity index (χ2n) is 4.22. The summed E-state index contributed by atoms with van der Waals surface area (Å²) in [6, 6.07) is 6.88. The highest BCUT2D eigenvalue weighted by Gasteiger charge is 2.13. The Morgan fingerprint density at radius 2 is 2.17 bits per heavy atom. The summed E-state index contributed by atoms with van der Waals surface area (Å²) in [5.41, 5.74) is 8.35. The van der Waals surface area contributed by atoms with Gasteiger partial charge in [-0.05, 0) is 47.5 Å². The number of hydrogen-bond acceptors (Lipinski definition) is 2. The Labute approximate surface area is 115 Å². The summed E-state index contributed by atoms with van der Waals surface area (Å²) >= 11 is 7.32. The van der Waals surface area contributed by atoms with Crippen molar-refractivity contribution in [3.63, 3.8) is 0 Å². The molecular weight excluding hydrogens is 269 g/mol. The average Bonchev–Trinajstić information content (AvgIpc) is 2.82. The standard InChI is InChI=1S/C14H15ClFNS/c1-2-10-5-6-18-14(10)13(17)8-9-3-4-11(15)12(16)7-9/h3-7,13H,2,8,17H2,1H3. The molecule has 0 spiro atoms. The van der Waals surface area contributed by atoms with Gasteiger partial charge in [-0.1, -0.05) is 24.6 Å². The van der Waals surface area contributed by atoms with E-state index in [1.54, 1.807) is 17.4 Å². The van der Waals surface area contributed by atoms with Crippen LogP contribution in [-0.2, 0) is 12.8 Å². The van der Waals surface area contributed by atoms with Crippen molar-refractivity contribution in [3.05, 3.63) is 56.5 Å². The molecule has 4 heteroatoms. The minimum Gasteiger partial charge on any atom is -0.323 e. The summed E-state index contributed by atoms with van der Waals surface area (Å²) in [7, 11) is 0. The van der Waals surface area contributed by atoms with Crippen LogP contribution in [0.15, 0.2) is 29.6 Å². The summed E-state index contributed by atoms with van der Waals surface area (Å²) in [6.07, 6.45) is 1.60. The van der Waals surface area contributed by atoms with Gasteiger partial charge in [0.25, 0.3) is 0 Å². The molecule has 2 rings (SSSR count). The van der Waals surface area contributed by atoms with Crippen molar-refractivity contribution < 1.29 is 4.39 Å². The number of aryl methyl sites for hydroxylation is 1. The lowest BCUT2D eigenvalue weighted by Gasteiger charge is -2.12. The predicted molar refractivity (Wildman–Crippen MR) is 75.7 cm³/mol. The van der Waals surface area contributed by atoms with E-state index in [4.69, 9.17) is 17.3 Å². The lowest BCUT2D eigenvalue weighted by Crippen LogP contribution is -2.13. The molecule has 1 aromatic heterocycles. The number of halogens is 2. The van der Waals surface area contributed by atoms with Gasteiger partial charge < -0.3 is 5.73 Å². The van der Waals surface area contributed by atoms with Gasteiger partial charge >= 0.3 is 0 Å². The fourth-order valence-corrected chi connectivity index (χ4v) is 3.10. The highest BCUT2D eigenvalue weighted by atomic mass is 35.5. The van der Waals surface area contributed by atoms with Gasteiger partial charge in [0.2, 0.25) is 0 Å². The first-order valence-corrected chi connectivity index (χ1v) is 7.13. The van der Waals surface area contributed by atoms with Crippen molar-refractivity contribution in [3.8, 4) is 0 Å². The van der Waals surface area contributed by atoms with Gasteiger partial charge in [-0.2, -0.15) is 0 Å². The third-order valence-corrected chi connectivity index (χ3v) is 4.34.